The van der Waals surface area contributed by atoms with E-state index < -0.39 is 23.3 Å². The number of carbonyl (C=O) groups is 3. The monoisotopic (exact) mass is 527 g/mol. The van der Waals surface area contributed by atoms with Crippen LogP contribution in [0.25, 0.3) is 5.69 Å². The fourth-order valence-electron chi connectivity index (χ4n) is 4.42. The second-order valence-electron chi connectivity index (χ2n) is 9.10. The highest BCUT2D eigenvalue weighted by Crippen LogP contribution is 2.31. The predicted octanol–water partition coefficient (Wildman–Crippen LogP) is 3.73. The van der Waals surface area contributed by atoms with Crippen molar-refractivity contribution >= 4 is 17.7 Å². The van der Waals surface area contributed by atoms with Crippen molar-refractivity contribution < 1.29 is 27.6 Å². The Morgan fingerprint density at radius 2 is 1.45 bits per heavy atom. The van der Waals surface area contributed by atoms with Crippen molar-refractivity contribution in [1.29, 1.82) is 0 Å². The third-order valence-corrected chi connectivity index (χ3v) is 6.43. The smallest absolute Gasteiger partial charge is 0.354 e. The van der Waals surface area contributed by atoms with Crippen LogP contribution in [0.5, 0.6) is 0 Å². The largest absolute Gasteiger partial charge is 0.435 e. The van der Waals surface area contributed by atoms with E-state index >= 15 is 0 Å². The van der Waals surface area contributed by atoms with Crippen molar-refractivity contribution in [1.82, 2.24) is 25.7 Å². The SMILES string of the molecule is O=C(NC1CCC(C(=O)NCCNC(=O)c2cn(-c3ccccc3)nc2C(F)(F)F)CC1)c1ccccc1. The van der Waals surface area contributed by atoms with E-state index in [9.17, 15) is 27.6 Å². The third kappa shape index (κ3) is 6.78. The topological polar surface area (TPSA) is 105 Å². The summed E-state index contributed by atoms with van der Waals surface area (Å²) in [6.45, 7) is 0.0320. The molecule has 1 aromatic heterocycles. The highest BCUT2D eigenvalue weighted by atomic mass is 19.4. The average Bonchev–Trinajstić information content (AvgIpc) is 3.39. The van der Waals surface area contributed by atoms with E-state index in [1.54, 1.807) is 54.6 Å². The molecular weight excluding hydrogens is 499 g/mol. The van der Waals surface area contributed by atoms with Crippen LogP contribution in [-0.2, 0) is 11.0 Å². The van der Waals surface area contributed by atoms with Crippen molar-refractivity contribution in [3.8, 4) is 5.69 Å². The number of nitrogens with zero attached hydrogens (tertiary/aromatic N) is 2. The molecule has 1 aliphatic rings. The Labute approximate surface area is 217 Å². The third-order valence-electron chi connectivity index (χ3n) is 6.43. The van der Waals surface area contributed by atoms with Gasteiger partial charge >= 0.3 is 6.18 Å². The maximum Gasteiger partial charge on any atom is 0.435 e. The molecule has 1 saturated carbocycles. The summed E-state index contributed by atoms with van der Waals surface area (Å²) in [7, 11) is 0. The molecule has 2 aromatic carbocycles. The molecule has 1 fully saturated rings. The maximum atomic E-state index is 13.5. The van der Waals surface area contributed by atoms with Crippen LogP contribution in [0.3, 0.4) is 0 Å². The zero-order valence-electron chi connectivity index (χ0n) is 20.5. The molecule has 0 bridgehead atoms. The summed E-state index contributed by atoms with van der Waals surface area (Å²) in [6, 6.07) is 17.1. The van der Waals surface area contributed by atoms with Crippen LogP contribution in [-0.4, -0.2) is 46.6 Å². The predicted molar refractivity (Wildman–Crippen MR) is 134 cm³/mol. The molecule has 0 atom stereocenters. The molecule has 1 aliphatic carbocycles. The van der Waals surface area contributed by atoms with Gasteiger partial charge in [0.2, 0.25) is 5.91 Å². The zero-order valence-corrected chi connectivity index (χ0v) is 20.5. The lowest BCUT2D eigenvalue weighted by Gasteiger charge is -2.28. The lowest BCUT2D eigenvalue weighted by molar-refractivity contribution is -0.141. The fraction of sp³-hybridized carbons (Fsp3) is 0.333. The summed E-state index contributed by atoms with van der Waals surface area (Å²) in [5.74, 6) is -1.47. The lowest BCUT2D eigenvalue weighted by atomic mass is 9.85. The van der Waals surface area contributed by atoms with Gasteiger partial charge in [0.1, 0.15) is 0 Å². The number of aromatic nitrogens is 2. The highest BCUT2D eigenvalue weighted by molar-refractivity contribution is 5.95. The number of hydrogen-bond acceptors (Lipinski definition) is 4. The van der Waals surface area contributed by atoms with Gasteiger partial charge in [0, 0.05) is 36.8 Å². The molecule has 0 radical (unpaired) electrons. The minimum absolute atomic E-state index is 0.00863. The number of carbonyl (C=O) groups excluding carboxylic acids is 3. The van der Waals surface area contributed by atoms with Crippen LogP contribution in [0.2, 0.25) is 0 Å². The van der Waals surface area contributed by atoms with Crippen molar-refractivity contribution in [2.24, 2.45) is 5.92 Å². The Balaban J connectivity index is 1.22. The van der Waals surface area contributed by atoms with Crippen LogP contribution in [0.4, 0.5) is 13.2 Å². The van der Waals surface area contributed by atoms with E-state index in [2.05, 4.69) is 21.0 Å². The molecule has 8 nitrogen and oxygen atoms in total. The molecule has 1 heterocycles. The molecule has 200 valence electrons. The van der Waals surface area contributed by atoms with Crippen LogP contribution >= 0.6 is 0 Å². The van der Waals surface area contributed by atoms with Gasteiger partial charge in [0.15, 0.2) is 5.69 Å². The molecule has 38 heavy (non-hydrogen) atoms. The summed E-state index contributed by atoms with van der Waals surface area (Å²) in [6.07, 6.45) is -1.23. The first-order chi connectivity index (χ1) is 18.2. The van der Waals surface area contributed by atoms with E-state index in [0.717, 1.165) is 10.9 Å². The number of hydrogen-bond donors (Lipinski definition) is 3. The Bertz CT molecular complexity index is 1250. The second kappa shape index (κ2) is 11.9. The number of alkyl halides is 3. The molecule has 4 rings (SSSR count). The van der Waals surface area contributed by atoms with Gasteiger partial charge in [-0.2, -0.15) is 18.3 Å². The summed E-state index contributed by atoms with van der Waals surface area (Å²) in [4.78, 5) is 37.4. The van der Waals surface area contributed by atoms with Crippen molar-refractivity contribution in [2.45, 2.75) is 37.9 Å². The number of nitrogens with one attached hydrogen (secondary N) is 3. The van der Waals surface area contributed by atoms with Gasteiger partial charge < -0.3 is 16.0 Å². The number of benzene rings is 2. The van der Waals surface area contributed by atoms with Gasteiger partial charge in [-0.25, -0.2) is 4.68 Å². The highest BCUT2D eigenvalue weighted by Gasteiger charge is 2.39. The molecule has 3 amide bonds. The fourth-order valence-corrected chi connectivity index (χ4v) is 4.42. The van der Waals surface area contributed by atoms with Crippen LogP contribution in [0.1, 0.15) is 52.1 Å². The Hall–Kier alpha value is -4.15. The van der Waals surface area contributed by atoms with Gasteiger partial charge in [-0.15, -0.1) is 0 Å². The second-order valence-corrected chi connectivity index (χ2v) is 9.10. The Kier molecular flexibility index (Phi) is 8.45. The molecular formula is C27H28F3N5O3. The first kappa shape index (κ1) is 26.9. The molecule has 0 unspecified atom stereocenters. The average molecular weight is 528 g/mol. The zero-order chi connectivity index (χ0) is 27.1. The summed E-state index contributed by atoms with van der Waals surface area (Å²) in [5.41, 5.74) is -0.898. The van der Waals surface area contributed by atoms with Crippen molar-refractivity contribution in [3.63, 3.8) is 0 Å². The minimum Gasteiger partial charge on any atom is -0.354 e. The number of halogens is 3. The first-order valence-electron chi connectivity index (χ1n) is 12.4. The van der Waals surface area contributed by atoms with Crippen molar-refractivity contribution in [2.75, 3.05) is 13.1 Å². The molecule has 3 N–H and O–H groups in total. The summed E-state index contributed by atoms with van der Waals surface area (Å²) < 4.78 is 41.5. The summed E-state index contributed by atoms with van der Waals surface area (Å²) >= 11 is 0. The lowest BCUT2D eigenvalue weighted by Crippen LogP contribution is -2.42. The molecule has 3 aromatic rings. The quantitative estimate of drug-likeness (QED) is 0.389. The number of rotatable bonds is 8. The van der Waals surface area contributed by atoms with Crippen LogP contribution in [0, 0.1) is 5.92 Å². The Morgan fingerprint density at radius 1 is 0.842 bits per heavy atom. The molecule has 0 saturated heterocycles. The normalized spacial score (nSPS) is 17.4. The van der Waals surface area contributed by atoms with E-state index in [1.165, 1.54) is 0 Å². The standard InChI is InChI=1S/C27H28F3N5O3/c28-27(29,30)23-22(17-35(34-23)21-9-5-2-6-10-21)26(38)32-16-15-31-24(36)19-11-13-20(14-12-19)33-25(37)18-7-3-1-4-8-18/h1-10,17,19-20H,11-16H2,(H,31,36)(H,32,38)(H,33,37). The van der Waals surface area contributed by atoms with E-state index in [0.29, 0.717) is 36.9 Å². The van der Waals surface area contributed by atoms with Gasteiger partial charge in [-0.3, -0.25) is 14.4 Å². The Morgan fingerprint density at radius 3 is 2.08 bits per heavy atom. The van der Waals surface area contributed by atoms with Crippen LogP contribution < -0.4 is 16.0 Å². The number of amides is 3. The van der Waals surface area contributed by atoms with Crippen molar-refractivity contribution in [3.05, 3.63) is 83.7 Å². The van der Waals surface area contributed by atoms with Crippen LogP contribution in [0.15, 0.2) is 66.9 Å². The van der Waals surface area contributed by atoms with Gasteiger partial charge in [0.25, 0.3) is 11.8 Å². The molecule has 11 heteroatoms. The number of para-hydroxylation sites is 1. The summed E-state index contributed by atoms with van der Waals surface area (Å²) in [5, 5.41) is 11.7. The van der Waals surface area contributed by atoms with Gasteiger partial charge in [-0.1, -0.05) is 36.4 Å². The van der Waals surface area contributed by atoms with E-state index in [4.69, 9.17) is 0 Å². The van der Waals surface area contributed by atoms with E-state index in [-0.39, 0.29) is 36.9 Å². The minimum atomic E-state index is -4.81. The maximum absolute atomic E-state index is 13.5. The first-order valence-corrected chi connectivity index (χ1v) is 12.4. The van der Waals surface area contributed by atoms with E-state index in [1.807, 2.05) is 6.07 Å². The molecule has 0 spiro atoms. The molecule has 0 aliphatic heterocycles. The van der Waals surface area contributed by atoms with Gasteiger partial charge in [0.05, 0.1) is 11.3 Å². The van der Waals surface area contributed by atoms with Gasteiger partial charge in [-0.05, 0) is 49.9 Å².